The highest BCUT2D eigenvalue weighted by molar-refractivity contribution is 9.10. The maximum atomic E-state index is 12.2. The molecule has 2 heterocycles. The van der Waals surface area contributed by atoms with E-state index in [4.69, 9.17) is 9.15 Å². The number of piperazine rings is 1. The van der Waals surface area contributed by atoms with Crippen LogP contribution >= 0.6 is 15.9 Å². The molecule has 1 fully saturated rings. The minimum atomic E-state index is -0.394. The lowest BCUT2D eigenvalue weighted by Gasteiger charge is -2.33. The van der Waals surface area contributed by atoms with Gasteiger partial charge in [0.2, 0.25) is 5.91 Å². The van der Waals surface area contributed by atoms with E-state index in [1.807, 2.05) is 18.2 Å². The normalized spacial score (nSPS) is 14.8. The third kappa shape index (κ3) is 4.73. The zero-order chi connectivity index (χ0) is 17.6. The Balaban J connectivity index is 1.48. The molecule has 2 aromatic rings. The number of para-hydroxylation sites is 1. The molecule has 0 unspecified atom stereocenters. The third-order valence-electron chi connectivity index (χ3n) is 3.78. The average Bonchev–Trinajstić information content (AvgIpc) is 3.06. The highest BCUT2D eigenvalue weighted by Gasteiger charge is 2.24. The van der Waals surface area contributed by atoms with Crippen LogP contribution in [-0.4, -0.2) is 48.0 Å². The number of nitrogens with zero attached hydrogens (tertiary/aromatic N) is 2. The molecule has 1 aromatic carbocycles. The minimum absolute atomic E-state index is 0.108. The van der Waals surface area contributed by atoms with Gasteiger partial charge < -0.3 is 19.0 Å². The lowest BCUT2D eigenvalue weighted by atomic mass is 10.3. The van der Waals surface area contributed by atoms with Gasteiger partial charge in [0.1, 0.15) is 11.5 Å². The highest BCUT2D eigenvalue weighted by atomic mass is 79.9. The van der Waals surface area contributed by atoms with Gasteiger partial charge in [-0.3, -0.25) is 4.79 Å². The molecule has 25 heavy (non-hydrogen) atoms. The molecule has 0 spiro atoms. The summed E-state index contributed by atoms with van der Waals surface area (Å²) in [6.45, 7) is 1.82. The van der Waals surface area contributed by atoms with Crippen LogP contribution in [0.3, 0.4) is 0 Å². The second-order valence-electron chi connectivity index (χ2n) is 5.47. The Kier molecular flexibility index (Phi) is 5.55. The van der Waals surface area contributed by atoms with E-state index in [0.29, 0.717) is 42.4 Å². The standard InChI is InChI=1S/C18H17BrN2O4/c19-16-8-6-15(24-16)7-9-17(22)20-10-12-21(13-11-20)18(23)25-14-4-2-1-3-5-14/h1-9H,10-13H2. The fourth-order valence-corrected chi connectivity index (χ4v) is 2.76. The number of hydrogen-bond acceptors (Lipinski definition) is 4. The number of furan rings is 1. The number of benzene rings is 1. The molecule has 0 saturated carbocycles. The van der Waals surface area contributed by atoms with Crippen LogP contribution < -0.4 is 4.74 Å². The van der Waals surface area contributed by atoms with E-state index in [-0.39, 0.29) is 5.91 Å². The molecule has 1 saturated heterocycles. The number of rotatable bonds is 3. The van der Waals surface area contributed by atoms with Crippen molar-refractivity contribution in [2.75, 3.05) is 26.2 Å². The Labute approximate surface area is 153 Å². The molecule has 0 atom stereocenters. The summed E-state index contributed by atoms with van der Waals surface area (Å²) in [5, 5.41) is 0. The van der Waals surface area contributed by atoms with Crippen LogP contribution in [0.25, 0.3) is 6.08 Å². The van der Waals surface area contributed by atoms with E-state index in [0.717, 1.165) is 0 Å². The highest BCUT2D eigenvalue weighted by Crippen LogP contribution is 2.15. The molecule has 0 radical (unpaired) electrons. The van der Waals surface area contributed by atoms with Gasteiger partial charge in [-0.2, -0.15) is 0 Å². The van der Waals surface area contributed by atoms with E-state index in [1.54, 1.807) is 40.1 Å². The second kappa shape index (κ2) is 8.02. The summed E-state index contributed by atoms with van der Waals surface area (Å²) in [7, 11) is 0. The van der Waals surface area contributed by atoms with Gasteiger partial charge in [-0.25, -0.2) is 4.79 Å². The lowest BCUT2D eigenvalue weighted by Crippen LogP contribution is -2.51. The maximum absolute atomic E-state index is 12.2. The van der Waals surface area contributed by atoms with Crippen LogP contribution in [0, 0.1) is 0 Å². The van der Waals surface area contributed by atoms with Crippen molar-refractivity contribution in [3.8, 4) is 5.75 Å². The molecule has 7 heteroatoms. The smallest absolute Gasteiger partial charge is 0.415 e. The van der Waals surface area contributed by atoms with Gasteiger partial charge in [0.05, 0.1) is 0 Å². The van der Waals surface area contributed by atoms with Crippen molar-refractivity contribution in [3.63, 3.8) is 0 Å². The molecule has 0 bridgehead atoms. The van der Waals surface area contributed by atoms with E-state index in [9.17, 15) is 9.59 Å². The largest absolute Gasteiger partial charge is 0.450 e. The quantitative estimate of drug-likeness (QED) is 0.735. The number of carbonyl (C=O) groups is 2. The molecular formula is C18H17BrN2O4. The summed E-state index contributed by atoms with van der Waals surface area (Å²) in [4.78, 5) is 27.6. The summed E-state index contributed by atoms with van der Waals surface area (Å²) in [5.74, 6) is 1.01. The van der Waals surface area contributed by atoms with Gasteiger partial charge in [-0.05, 0) is 46.3 Å². The summed E-state index contributed by atoms with van der Waals surface area (Å²) < 4.78 is 11.2. The first kappa shape index (κ1) is 17.3. The Morgan fingerprint density at radius 2 is 1.68 bits per heavy atom. The lowest BCUT2D eigenvalue weighted by molar-refractivity contribution is -0.127. The van der Waals surface area contributed by atoms with Gasteiger partial charge in [0.25, 0.3) is 0 Å². The van der Waals surface area contributed by atoms with E-state index >= 15 is 0 Å². The number of carbonyl (C=O) groups excluding carboxylic acids is 2. The molecule has 1 aromatic heterocycles. The number of hydrogen-bond donors (Lipinski definition) is 0. The Morgan fingerprint density at radius 3 is 2.32 bits per heavy atom. The van der Waals surface area contributed by atoms with Crippen LogP contribution in [-0.2, 0) is 4.79 Å². The van der Waals surface area contributed by atoms with Crippen molar-refractivity contribution < 1.29 is 18.7 Å². The number of halogens is 1. The van der Waals surface area contributed by atoms with Crippen LogP contribution in [0.4, 0.5) is 4.79 Å². The molecule has 1 aliphatic rings. The number of amides is 2. The van der Waals surface area contributed by atoms with E-state index in [2.05, 4.69) is 15.9 Å². The van der Waals surface area contributed by atoms with Crippen molar-refractivity contribution in [1.82, 2.24) is 9.80 Å². The predicted molar refractivity (Wildman–Crippen MR) is 96.1 cm³/mol. The average molecular weight is 405 g/mol. The summed E-state index contributed by atoms with van der Waals surface area (Å²) in [6.07, 6.45) is 2.71. The first-order chi connectivity index (χ1) is 12.1. The fraction of sp³-hybridized carbons (Fsp3) is 0.222. The van der Waals surface area contributed by atoms with Gasteiger partial charge in [-0.1, -0.05) is 18.2 Å². The van der Waals surface area contributed by atoms with E-state index < -0.39 is 6.09 Å². The first-order valence-corrected chi connectivity index (χ1v) is 8.65. The zero-order valence-corrected chi connectivity index (χ0v) is 15.0. The third-order valence-corrected chi connectivity index (χ3v) is 4.21. The van der Waals surface area contributed by atoms with Crippen molar-refractivity contribution in [1.29, 1.82) is 0 Å². The van der Waals surface area contributed by atoms with Crippen LogP contribution in [0.1, 0.15) is 5.76 Å². The van der Waals surface area contributed by atoms with Crippen molar-refractivity contribution in [2.24, 2.45) is 0 Å². The molecule has 6 nitrogen and oxygen atoms in total. The topological polar surface area (TPSA) is 63.0 Å². The minimum Gasteiger partial charge on any atom is -0.450 e. The Bertz CT molecular complexity index is 764. The molecule has 1 aliphatic heterocycles. The molecule has 130 valence electrons. The SMILES string of the molecule is O=C(C=Cc1ccc(Br)o1)N1CCN(C(=O)Oc2ccccc2)CC1. The van der Waals surface area contributed by atoms with Gasteiger partial charge in [-0.15, -0.1) is 0 Å². The maximum Gasteiger partial charge on any atom is 0.415 e. The van der Waals surface area contributed by atoms with Gasteiger partial charge >= 0.3 is 6.09 Å². The van der Waals surface area contributed by atoms with Crippen molar-refractivity contribution in [2.45, 2.75) is 0 Å². The molecule has 0 aliphatic carbocycles. The Morgan fingerprint density at radius 1 is 1.00 bits per heavy atom. The van der Waals surface area contributed by atoms with Crippen LogP contribution in [0.5, 0.6) is 5.75 Å². The van der Waals surface area contributed by atoms with Crippen molar-refractivity contribution >= 4 is 34.0 Å². The van der Waals surface area contributed by atoms with Crippen LogP contribution in [0.15, 0.2) is 57.6 Å². The fourth-order valence-electron chi connectivity index (χ4n) is 2.44. The van der Waals surface area contributed by atoms with Gasteiger partial charge in [0.15, 0.2) is 4.67 Å². The molecule has 2 amide bonds. The monoisotopic (exact) mass is 404 g/mol. The summed E-state index contributed by atoms with van der Waals surface area (Å²) >= 11 is 3.21. The van der Waals surface area contributed by atoms with Gasteiger partial charge in [0, 0.05) is 32.3 Å². The van der Waals surface area contributed by atoms with E-state index in [1.165, 1.54) is 6.08 Å². The molecular weight excluding hydrogens is 388 g/mol. The second-order valence-corrected chi connectivity index (χ2v) is 6.25. The Hall–Kier alpha value is -2.54. The summed E-state index contributed by atoms with van der Waals surface area (Å²) in [6, 6.07) is 12.5. The predicted octanol–water partition coefficient (Wildman–Crippen LogP) is 3.40. The first-order valence-electron chi connectivity index (χ1n) is 7.86. The summed E-state index contributed by atoms with van der Waals surface area (Å²) in [5.41, 5.74) is 0. The molecule has 3 rings (SSSR count). The van der Waals surface area contributed by atoms with Crippen LogP contribution in [0.2, 0.25) is 0 Å². The zero-order valence-electron chi connectivity index (χ0n) is 13.4. The number of ether oxygens (including phenoxy) is 1. The van der Waals surface area contributed by atoms with Crippen molar-refractivity contribution in [3.05, 3.63) is 59.0 Å². The molecule has 0 N–H and O–H groups in total.